The van der Waals surface area contributed by atoms with Crippen LogP contribution in [0.15, 0.2) is 36.7 Å². The summed E-state index contributed by atoms with van der Waals surface area (Å²) in [5, 5.41) is 6.91. The largest absolute Gasteiger partial charge is 0.496 e. The number of anilines is 2. The van der Waals surface area contributed by atoms with Crippen molar-refractivity contribution in [3.8, 4) is 5.75 Å². The molecule has 2 aromatic carbocycles. The normalized spacial score (nSPS) is 15.0. The number of carbonyl (C=O) groups is 1. The maximum atomic E-state index is 14.5. The summed E-state index contributed by atoms with van der Waals surface area (Å²) in [7, 11) is 3.44. The zero-order valence-corrected chi connectivity index (χ0v) is 17.7. The zero-order valence-electron chi connectivity index (χ0n) is 17.7. The minimum Gasteiger partial charge on any atom is -0.496 e. The van der Waals surface area contributed by atoms with Crippen LogP contribution in [0.3, 0.4) is 0 Å². The van der Waals surface area contributed by atoms with E-state index in [1.165, 1.54) is 6.33 Å². The van der Waals surface area contributed by atoms with Crippen LogP contribution in [0.25, 0.3) is 10.9 Å². The third-order valence-electron chi connectivity index (χ3n) is 5.91. The maximum absolute atomic E-state index is 14.5. The first-order chi connectivity index (χ1) is 14.9. The summed E-state index contributed by atoms with van der Waals surface area (Å²) in [5.74, 6) is 0.423. The van der Waals surface area contributed by atoms with Crippen LogP contribution in [-0.4, -0.2) is 53.6 Å². The number of nitrogens with two attached hydrogens (primary N) is 1. The van der Waals surface area contributed by atoms with E-state index in [9.17, 15) is 9.18 Å². The number of fused-ring (bicyclic) bond motifs is 1. The minimum atomic E-state index is -0.737. The fraction of sp³-hybridized carbons (Fsp3) is 0.318. The smallest absolute Gasteiger partial charge is 0.240 e. The van der Waals surface area contributed by atoms with E-state index >= 15 is 0 Å². The molecule has 162 valence electrons. The molecule has 4 N–H and O–H groups in total. The molecule has 0 bridgehead atoms. The lowest BCUT2D eigenvalue weighted by Crippen LogP contribution is -2.73. The van der Waals surface area contributed by atoms with E-state index in [1.807, 2.05) is 24.1 Å². The molecule has 9 heteroatoms. The fourth-order valence-corrected chi connectivity index (χ4v) is 3.81. The van der Waals surface area contributed by atoms with E-state index in [2.05, 4.69) is 20.6 Å². The van der Waals surface area contributed by atoms with Gasteiger partial charge in [0.1, 0.15) is 29.3 Å². The molecule has 0 unspecified atom stereocenters. The Balaban J connectivity index is 1.73. The monoisotopic (exact) mass is 424 g/mol. The Hall–Kier alpha value is -3.30. The highest BCUT2D eigenvalue weighted by atomic mass is 19.1. The van der Waals surface area contributed by atoms with Crippen molar-refractivity contribution in [2.75, 3.05) is 32.6 Å². The SMILES string of the molecule is COc1cc2ncnc(Nc3cccc(C)c3F)c2cc1CN(C)C1(C(N)=O)CNC1. The van der Waals surface area contributed by atoms with Crippen molar-refractivity contribution in [3.63, 3.8) is 0 Å². The number of primary amides is 1. The van der Waals surface area contributed by atoms with E-state index < -0.39 is 5.54 Å². The Bertz CT molecular complexity index is 1150. The number of ether oxygens (including phenoxy) is 1. The standard InChI is InChI=1S/C22H25FN6O2/c1-13-5-4-6-16(19(13)23)28-20-15-7-14(18(31-3)8-17(15)26-12-27-20)9-29(2)22(21(24)30)10-25-11-22/h4-8,12,25H,9-11H2,1-3H3,(H2,24,30)(H,26,27,28). The van der Waals surface area contributed by atoms with Crippen LogP contribution >= 0.6 is 0 Å². The second-order valence-corrected chi connectivity index (χ2v) is 7.82. The third kappa shape index (κ3) is 3.66. The lowest BCUT2D eigenvalue weighted by molar-refractivity contribution is -0.133. The van der Waals surface area contributed by atoms with Gasteiger partial charge < -0.3 is 21.1 Å². The number of hydrogen-bond donors (Lipinski definition) is 3. The van der Waals surface area contributed by atoms with Crippen LogP contribution < -0.4 is 21.1 Å². The highest BCUT2D eigenvalue weighted by Crippen LogP contribution is 2.32. The molecule has 1 saturated heterocycles. The predicted molar refractivity (Wildman–Crippen MR) is 117 cm³/mol. The highest BCUT2D eigenvalue weighted by molar-refractivity contribution is 5.92. The molecule has 2 heterocycles. The summed E-state index contributed by atoms with van der Waals surface area (Å²) < 4.78 is 20.1. The van der Waals surface area contributed by atoms with Gasteiger partial charge in [0, 0.05) is 36.7 Å². The number of nitrogens with one attached hydrogen (secondary N) is 2. The molecule has 1 aromatic heterocycles. The number of methoxy groups -OCH3 is 1. The average molecular weight is 424 g/mol. The van der Waals surface area contributed by atoms with Crippen molar-refractivity contribution in [1.29, 1.82) is 0 Å². The van der Waals surface area contributed by atoms with Crippen LogP contribution in [0.5, 0.6) is 5.75 Å². The van der Waals surface area contributed by atoms with Crippen LogP contribution in [0, 0.1) is 12.7 Å². The number of carbonyl (C=O) groups excluding carboxylic acids is 1. The number of aryl methyl sites for hydroxylation is 1. The number of rotatable bonds is 7. The lowest BCUT2D eigenvalue weighted by atomic mass is 9.89. The Kier molecular flexibility index (Phi) is 5.47. The number of amides is 1. The summed E-state index contributed by atoms with van der Waals surface area (Å²) in [6.07, 6.45) is 1.42. The van der Waals surface area contributed by atoms with Gasteiger partial charge in [-0.2, -0.15) is 0 Å². The molecular weight excluding hydrogens is 399 g/mol. The lowest BCUT2D eigenvalue weighted by Gasteiger charge is -2.46. The summed E-state index contributed by atoms with van der Waals surface area (Å²) >= 11 is 0. The van der Waals surface area contributed by atoms with Crippen molar-refractivity contribution in [2.24, 2.45) is 5.73 Å². The van der Waals surface area contributed by atoms with E-state index in [4.69, 9.17) is 10.5 Å². The van der Waals surface area contributed by atoms with Crippen LogP contribution in [-0.2, 0) is 11.3 Å². The summed E-state index contributed by atoms with van der Waals surface area (Å²) in [4.78, 5) is 22.6. The van der Waals surface area contributed by atoms with E-state index in [0.29, 0.717) is 53.4 Å². The number of likely N-dealkylation sites (N-methyl/N-ethyl adjacent to an activating group) is 1. The quantitative estimate of drug-likeness (QED) is 0.533. The molecule has 1 aliphatic rings. The van der Waals surface area contributed by atoms with Gasteiger partial charge in [-0.1, -0.05) is 12.1 Å². The van der Waals surface area contributed by atoms with E-state index in [0.717, 1.165) is 5.56 Å². The van der Waals surface area contributed by atoms with Crippen molar-refractivity contribution < 1.29 is 13.9 Å². The molecule has 0 radical (unpaired) electrons. The number of hydrogen-bond acceptors (Lipinski definition) is 7. The first kappa shape index (κ1) is 21.0. The molecule has 1 fully saturated rings. The summed E-state index contributed by atoms with van der Waals surface area (Å²) in [6.45, 7) is 3.13. The third-order valence-corrected chi connectivity index (χ3v) is 5.91. The molecule has 4 rings (SSSR count). The maximum Gasteiger partial charge on any atom is 0.240 e. The molecule has 8 nitrogen and oxygen atoms in total. The van der Waals surface area contributed by atoms with Gasteiger partial charge in [0.2, 0.25) is 5.91 Å². The number of aromatic nitrogens is 2. The molecule has 0 aliphatic carbocycles. The highest BCUT2D eigenvalue weighted by Gasteiger charge is 2.46. The second-order valence-electron chi connectivity index (χ2n) is 7.82. The topological polar surface area (TPSA) is 105 Å². The van der Waals surface area contributed by atoms with Crippen LogP contribution in [0.2, 0.25) is 0 Å². The van der Waals surface area contributed by atoms with Gasteiger partial charge >= 0.3 is 0 Å². The van der Waals surface area contributed by atoms with Gasteiger partial charge in [-0.25, -0.2) is 14.4 Å². The van der Waals surface area contributed by atoms with Crippen LogP contribution in [0.1, 0.15) is 11.1 Å². The molecule has 3 aromatic rings. The number of benzene rings is 2. The molecule has 0 atom stereocenters. The van der Waals surface area contributed by atoms with Crippen LogP contribution in [0.4, 0.5) is 15.9 Å². The Morgan fingerprint density at radius 1 is 1.35 bits per heavy atom. The Labute approximate surface area is 179 Å². The van der Waals surface area contributed by atoms with Gasteiger partial charge in [-0.05, 0) is 31.7 Å². The van der Waals surface area contributed by atoms with Gasteiger partial charge in [0.15, 0.2) is 0 Å². The Morgan fingerprint density at radius 3 is 2.77 bits per heavy atom. The Morgan fingerprint density at radius 2 is 2.13 bits per heavy atom. The number of halogens is 1. The second kappa shape index (κ2) is 8.09. The van der Waals surface area contributed by atoms with Crippen molar-refractivity contribution >= 4 is 28.3 Å². The van der Waals surface area contributed by atoms with Gasteiger partial charge in [0.05, 0.1) is 18.3 Å². The molecule has 0 saturated carbocycles. The first-order valence-corrected chi connectivity index (χ1v) is 9.91. The summed E-state index contributed by atoms with van der Waals surface area (Å²) in [5.41, 5.74) is 7.30. The van der Waals surface area contributed by atoms with Gasteiger partial charge in [0.25, 0.3) is 0 Å². The molecule has 1 amide bonds. The van der Waals surface area contributed by atoms with Crippen molar-refractivity contribution in [2.45, 2.75) is 19.0 Å². The van der Waals surface area contributed by atoms with Gasteiger partial charge in [-0.3, -0.25) is 9.69 Å². The number of nitrogens with zero attached hydrogens (tertiary/aromatic N) is 3. The van der Waals surface area contributed by atoms with Crippen molar-refractivity contribution in [3.05, 3.63) is 53.6 Å². The average Bonchev–Trinajstić information content (AvgIpc) is 2.70. The van der Waals surface area contributed by atoms with Crippen molar-refractivity contribution in [1.82, 2.24) is 20.2 Å². The fourth-order valence-electron chi connectivity index (χ4n) is 3.81. The first-order valence-electron chi connectivity index (χ1n) is 9.91. The minimum absolute atomic E-state index is 0.330. The van der Waals surface area contributed by atoms with Gasteiger partial charge in [-0.15, -0.1) is 0 Å². The molecule has 0 spiro atoms. The van der Waals surface area contributed by atoms with E-state index in [1.54, 1.807) is 32.2 Å². The predicted octanol–water partition coefficient (Wildman–Crippen LogP) is 2.09. The summed E-state index contributed by atoms with van der Waals surface area (Å²) in [6, 6.07) is 8.87. The molecule has 31 heavy (non-hydrogen) atoms. The van der Waals surface area contributed by atoms with E-state index in [-0.39, 0.29) is 11.7 Å². The molecular formula is C22H25FN6O2. The molecule has 1 aliphatic heterocycles. The zero-order chi connectivity index (χ0) is 22.2.